The van der Waals surface area contributed by atoms with Crippen LogP contribution in [0.4, 0.5) is 0 Å². The van der Waals surface area contributed by atoms with E-state index < -0.39 is 7.82 Å². The Morgan fingerprint density at radius 3 is 2.00 bits per heavy atom. The molecule has 2 aromatic rings. The second-order valence-corrected chi connectivity index (χ2v) is 6.66. The van der Waals surface area contributed by atoms with Crippen molar-refractivity contribution in [3.63, 3.8) is 0 Å². The van der Waals surface area contributed by atoms with E-state index in [1.54, 1.807) is 6.07 Å². The van der Waals surface area contributed by atoms with Crippen molar-refractivity contribution >= 4 is 7.82 Å². The first-order valence-corrected chi connectivity index (χ1v) is 9.37. The molecule has 0 aliphatic rings. The summed E-state index contributed by atoms with van der Waals surface area (Å²) in [4.78, 5) is 0. The van der Waals surface area contributed by atoms with Gasteiger partial charge < -0.3 is 4.52 Å². The Labute approximate surface area is 138 Å². The highest BCUT2D eigenvalue weighted by Gasteiger charge is 2.29. The molecule has 124 valence electrons. The van der Waals surface area contributed by atoms with Crippen LogP contribution in [0.15, 0.2) is 54.6 Å². The third-order valence-corrected chi connectivity index (χ3v) is 4.51. The zero-order valence-electron chi connectivity index (χ0n) is 13.6. The zero-order valence-corrected chi connectivity index (χ0v) is 14.5. The lowest BCUT2D eigenvalue weighted by atomic mass is 10.1. The first kappa shape index (κ1) is 17.7. The normalized spacial score (nSPS) is 11.4. The predicted molar refractivity (Wildman–Crippen MR) is 92.6 cm³/mol. The molecule has 0 fully saturated rings. The van der Waals surface area contributed by atoms with Gasteiger partial charge in [-0.25, -0.2) is 4.57 Å². The smallest absolute Gasteiger partial charge is 0.403 e. The van der Waals surface area contributed by atoms with E-state index in [-0.39, 0.29) is 0 Å². The highest BCUT2D eigenvalue weighted by Crippen LogP contribution is 2.51. The van der Waals surface area contributed by atoms with Gasteiger partial charge in [0, 0.05) is 5.56 Å². The van der Waals surface area contributed by atoms with Gasteiger partial charge in [0.05, 0.1) is 13.2 Å². The van der Waals surface area contributed by atoms with Gasteiger partial charge in [0.2, 0.25) is 0 Å². The number of benzene rings is 2. The quantitative estimate of drug-likeness (QED) is 0.552. The fourth-order valence-electron chi connectivity index (χ4n) is 2.02. The third kappa shape index (κ3) is 5.21. The Morgan fingerprint density at radius 2 is 1.39 bits per heavy atom. The van der Waals surface area contributed by atoms with Crippen molar-refractivity contribution in [2.75, 3.05) is 13.2 Å². The van der Waals surface area contributed by atoms with E-state index >= 15 is 0 Å². The molecule has 0 radical (unpaired) electrons. The summed E-state index contributed by atoms with van der Waals surface area (Å²) in [5.41, 5.74) is 1.84. The van der Waals surface area contributed by atoms with Crippen LogP contribution in [-0.2, 0) is 13.6 Å². The summed E-state index contributed by atoms with van der Waals surface area (Å²) >= 11 is 0. The molecule has 0 saturated heterocycles. The molecule has 0 aromatic heterocycles. The van der Waals surface area contributed by atoms with Gasteiger partial charge >= 0.3 is 7.82 Å². The van der Waals surface area contributed by atoms with E-state index in [9.17, 15) is 4.57 Å². The lowest BCUT2D eigenvalue weighted by Crippen LogP contribution is -2.05. The van der Waals surface area contributed by atoms with Gasteiger partial charge in [0.25, 0.3) is 0 Å². The molecule has 0 heterocycles. The van der Waals surface area contributed by atoms with E-state index in [0.717, 1.165) is 24.0 Å². The van der Waals surface area contributed by atoms with Gasteiger partial charge in [-0.2, -0.15) is 0 Å². The SMILES string of the molecule is CCCOP(=O)(OCCC)Oc1ccccc1-c1ccccc1. The van der Waals surface area contributed by atoms with Gasteiger partial charge in [0.1, 0.15) is 5.75 Å². The molecule has 0 aliphatic carbocycles. The summed E-state index contributed by atoms with van der Waals surface area (Å²) in [6, 6.07) is 17.3. The third-order valence-electron chi connectivity index (χ3n) is 3.09. The second-order valence-electron chi connectivity index (χ2n) is 5.07. The van der Waals surface area contributed by atoms with E-state index in [2.05, 4.69) is 0 Å². The van der Waals surface area contributed by atoms with Crippen molar-refractivity contribution in [2.45, 2.75) is 26.7 Å². The van der Waals surface area contributed by atoms with E-state index in [1.165, 1.54) is 0 Å². The lowest BCUT2D eigenvalue weighted by molar-refractivity contribution is 0.156. The maximum absolute atomic E-state index is 12.8. The standard InChI is InChI=1S/C18H23O4P/c1-3-14-20-23(19,21-15-4-2)22-18-13-9-8-12-17(18)16-10-6-5-7-11-16/h5-13H,3-4,14-15H2,1-2H3. The summed E-state index contributed by atoms with van der Waals surface area (Å²) in [6.07, 6.45) is 1.48. The number of hydrogen-bond acceptors (Lipinski definition) is 4. The first-order chi connectivity index (χ1) is 11.2. The van der Waals surface area contributed by atoms with Gasteiger partial charge in [-0.1, -0.05) is 62.4 Å². The first-order valence-electron chi connectivity index (χ1n) is 7.91. The van der Waals surface area contributed by atoms with E-state index in [4.69, 9.17) is 13.6 Å². The minimum Gasteiger partial charge on any atom is -0.403 e. The lowest BCUT2D eigenvalue weighted by Gasteiger charge is -2.20. The van der Waals surface area contributed by atoms with Crippen molar-refractivity contribution < 1.29 is 18.1 Å². The van der Waals surface area contributed by atoms with Gasteiger partial charge in [-0.3, -0.25) is 9.05 Å². The van der Waals surface area contributed by atoms with Crippen LogP contribution >= 0.6 is 7.82 Å². The van der Waals surface area contributed by atoms with Crippen LogP contribution in [0.1, 0.15) is 26.7 Å². The molecule has 0 spiro atoms. The highest BCUT2D eigenvalue weighted by molar-refractivity contribution is 7.48. The van der Waals surface area contributed by atoms with Crippen LogP contribution in [0, 0.1) is 0 Å². The fraction of sp³-hybridized carbons (Fsp3) is 0.333. The molecule has 0 amide bonds. The Hall–Kier alpha value is -1.61. The maximum atomic E-state index is 12.8. The molecule has 0 atom stereocenters. The molecule has 0 unspecified atom stereocenters. The Morgan fingerprint density at radius 1 is 0.826 bits per heavy atom. The average molecular weight is 334 g/mol. The fourth-order valence-corrected chi connectivity index (χ4v) is 3.41. The molecular weight excluding hydrogens is 311 g/mol. The molecular formula is C18H23O4P. The molecule has 2 rings (SSSR count). The molecule has 5 heteroatoms. The molecule has 0 N–H and O–H groups in total. The van der Waals surface area contributed by atoms with Gasteiger partial charge in [-0.05, 0) is 24.5 Å². The van der Waals surface area contributed by atoms with Crippen molar-refractivity contribution in [1.29, 1.82) is 0 Å². The number of phosphoric acid groups is 1. The van der Waals surface area contributed by atoms with E-state index in [1.807, 2.05) is 62.4 Å². The number of hydrogen-bond donors (Lipinski definition) is 0. The van der Waals surface area contributed by atoms with Crippen LogP contribution in [-0.4, -0.2) is 13.2 Å². The topological polar surface area (TPSA) is 44.8 Å². The highest BCUT2D eigenvalue weighted by atomic mass is 31.2. The average Bonchev–Trinajstić information content (AvgIpc) is 2.60. The van der Waals surface area contributed by atoms with Crippen molar-refractivity contribution in [3.8, 4) is 16.9 Å². The Kier molecular flexibility index (Phi) is 6.85. The minimum atomic E-state index is -3.62. The number of phosphoric ester groups is 1. The summed E-state index contributed by atoms with van der Waals surface area (Å²) in [5.74, 6) is 0.495. The summed E-state index contributed by atoms with van der Waals surface area (Å²) in [6.45, 7) is 4.55. The van der Waals surface area contributed by atoms with Crippen LogP contribution in [0.3, 0.4) is 0 Å². The van der Waals surface area contributed by atoms with Crippen LogP contribution < -0.4 is 4.52 Å². The Balaban J connectivity index is 2.28. The minimum absolute atomic E-state index is 0.328. The largest absolute Gasteiger partial charge is 0.530 e. The van der Waals surface area contributed by atoms with Crippen molar-refractivity contribution in [1.82, 2.24) is 0 Å². The van der Waals surface area contributed by atoms with Crippen LogP contribution in [0.2, 0.25) is 0 Å². The number of rotatable bonds is 9. The monoisotopic (exact) mass is 334 g/mol. The molecule has 4 nitrogen and oxygen atoms in total. The van der Waals surface area contributed by atoms with Gasteiger partial charge in [0.15, 0.2) is 0 Å². The number of para-hydroxylation sites is 1. The van der Waals surface area contributed by atoms with Gasteiger partial charge in [-0.15, -0.1) is 0 Å². The predicted octanol–water partition coefficient (Wildman–Crippen LogP) is 5.69. The summed E-state index contributed by atoms with van der Waals surface area (Å²) < 4.78 is 29.3. The second kappa shape index (κ2) is 8.88. The molecule has 0 aliphatic heterocycles. The van der Waals surface area contributed by atoms with Crippen LogP contribution in [0.25, 0.3) is 11.1 Å². The maximum Gasteiger partial charge on any atom is 0.530 e. The molecule has 0 bridgehead atoms. The zero-order chi connectivity index (χ0) is 16.5. The Bertz CT molecular complexity index is 630. The van der Waals surface area contributed by atoms with Crippen molar-refractivity contribution in [2.24, 2.45) is 0 Å². The van der Waals surface area contributed by atoms with E-state index in [0.29, 0.717) is 19.0 Å². The van der Waals surface area contributed by atoms with Crippen molar-refractivity contribution in [3.05, 3.63) is 54.6 Å². The molecule has 2 aromatic carbocycles. The summed E-state index contributed by atoms with van der Waals surface area (Å²) in [7, 11) is -3.62. The summed E-state index contributed by atoms with van der Waals surface area (Å²) in [5, 5.41) is 0. The molecule has 23 heavy (non-hydrogen) atoms. The molecule has 0 saturated carbocycles. The van der Waals surface area contributed by atoms with Crippen LogP contribution in [0.5, 0.6) is 5.75 Å².